The van der Waals surface area contributed by atoms with Gasteiger partial charge >= 0.3 is 6.18 Å². The second kappa shape index (κ2) is 3.62. The Hall–Kier alpha value is -0.290. The molecule has 0 saturated carbocycles. The maximum absolute atomic E-state index is 11.7. The zero-order valence-electron chi connectivity index (χ0n) is 7.27. The minimum atomic E-state index is -4.59. The van der Waals surface area contributed by atoms with Gasteiger partial charge < -0.3 is 9.84 Å². The van der Waals surface area contributed by atoms with Gasteiger partial charge in [0.25, 0.3) is 0 Å². The van der Waals surface area contributed by atoms with Crippen molar-refractivity contribution in [1.82, 2.24) is 0 Å². The van der Waals surface area contributed by atoms with Gasteiger partial charge in [-0.15, -0.1) is 0 Å². The van der Waals surface area contributed by atoms with E-state index in [1.165, 1.54) is 0 Å². The van der Waals surface area contributed by atoms with Crippen molar-refractivity contribution in [3.63, 3.8) is 0 Å². The maximum Gasteiger partial charge on any atom is 0.416 e. The summed E-state index contributed by atoms with van der Waals surface area (Å²) in [5, 5.41) is 8.50. The largest absolute Gasteiger partial charge is 0.416 e. The molecule has 0 aromatic rings. The number of ether oxygens (including phenoxy) is 1. The summed E-state index contributed by atoms with van der Waals surface area (Å²) in [5.41, 5.74) is -0.660. The van der Waals surface area contributed by atoms with Crippen LogP contribution in [0, 0.1) is 0 Å². The van der Waals surface area contributed by atoms with E-state index >= 15 is 0 Å². The highest BCUT2D eigenvalue weighted by Crippen LogP contribution is 2.21. The van der Waals surface area contributed by atoms with Crippen molar-refractivity contribution in [2.45, 2.75) is 38.7 Å². The van der Waals surface area contributed by atoms with Crippen LogP contribution in [0.3, 0.4) is 0 Å². The first-order valence-electron chi connectivity index (χ1n) is 3.51. The lowest BCUT2D eigenvalue weighted by molar-refractivity contribution is -0.225. The number of aliphatic hydroxyl groups is 1. The predicted molar refractivity (Wildman–Crippen MR) is 37.8 cm³/mol. The normalized spacial score (nSPS) is 16.2. The van der Waals surface area contributed by atoms with Crippen LogP contribution in [-0.2, 0) is 4.74 Å². The third-order valence-corrected chi connectivity index (χ3v) is 1.05. The fourth-order valence-electron chi connectivity index (χ4n) is 0.423. The molecule has 0 amide bonds. The van der Waals surface area contributed by atoms with Crippen molar-refractivity contribution < 1.29 is 23.0 Å². The molecule has 0 unspecified atom stereocenters. The lowest BCUT2D eigenvalue weighted by Crippen LogP contribution is -2.36. The lowest BCUT2D eigenvalue weighted by Gasteiger charge is -2.22. The molecule has 0 aliphatic heterocycles. The molecule has 0 aromatic heterocycles. The first-order valence-corrected chi connectivity index (χ1v) is 3.51. The van der Waals surface area contributed by atoms with Gasteiger partial charge in [-0.1, -0.05) is 0 Å². The molecule has 0 saturated heterocycles. The maximum atomic E-state index is 11.7. The third kappa shape index (κ3) is 5.37. The van der Waals surface area contributed by atoms with E-state index in [2.05, 4.69) is 0 Å². The van der Waals surface area contributed by atoms with Crippen molar-refractivity contribution in [2.24, 2.45) is 0 Å². The summed E-state index contributed by atoms with van der Waals surface area (Å²) in [6, 6.07) is 0. The molecular formula is C7H13F3O2. The highest BCUT2D eigenvalue weighted by molar-refractivity contribution is 4.67. The van der Waals surface area contributed by atoms with Gasteiger partial charge in [0.05, 0.1) is 12.2 Å². The van der Waals surface area contributed by atoms with E-state index < -0.39 is 24.5 Å². The van der Waals surface area contributed by atoms with Crippen molar-refractivity contribution in [3.05, 3.63) is 0 Å². The lowest BCUT2D eigenvalue weighted by atomic mass is 10.2. The Kier molecular flexibility index (Phi) is 3.53. The van der Waals surface area contributed by atoms with Crippen LogP contribution in [-0.4, -0.2) is 29.6 Å². The third-order valence-electron chi connectivity index (χ3n) is 1.05. The molecule has 0 aliphatic rings. The molecule has 1 atom stereocenters. The standard InChI is InChI=1S/C7H13F3O2/c1-6(2,3)12-4-5(11)7(8,9)10/h5,11H,4H2,1-3H3/t5-/m0/s1. The fourth-order valence-corrected chi connectivity index (χ4v) is 0.423. The number of alkyl halides is 3. The molecule has 0 radical (unpaired) electrons. The van der Waals surface area contributed by atoms with E-state index in [1.54, 1.807) is 20.8 Å². The number of rotatable bonds is 2. The monoisotopic (exact) mass is 186 g/mol. The van der Waals surface area contributed by atoms with Crippen molar-refractivity contribution in [1.29, 1.82) is 0 Å². The van der Waals surface area contributed by atoms with Crippen LogP contribution in [0.4, 0.5) is 13.2 Å². The molecule has 5 heteroatoms. The van der Waals surface area contributed by atoms with E-state index in [0.717, 1.165) is 0 Å². The average molecular weight is 186 g/mol. The van der Waals surface area contributed by atoms with Crippen LogP contribution < -0.4 is 0 Å². The van der Waals surface area contributed by atoms with Crippen LogP contribution in [0.1, 0.15) is 20.8 Å². The van der Waals surface area contributed by atoms with Crippen LogP contribution in [0.2, 0.25) is 0 Å². The van der Waals surface area contributed by atoms with E-state index in [4.69, 9.17) is 9.84 Å². The molecule has 2 nitrogen and oxygen atoms in total. The van der Waals surface area contributed by atoms with E-state index in [1.807, 2.05) is 0 Å². The Morgan fingerprint density at radius 2 is 1.67 bits per heavy atom. The SMILES string of the molecule is CC(C)(C)OC[C@H](O)C(F)(F)F. The molecule has 0 fully saturated rings. The summed E-state index contributed by atoms with van der Waals surface area (Å²) in [7, 11) is 0. The number of hydrogen-bond donors (Lipinski definition) is 1. The van der Waals surface area contributed by atoms with Crippen molar-refractivity contribution in [2.75, 3.05) is 6.61 Å². The molecule has 0 bridgehead atoms. The average Bonchev–Trinajstić information content (AvgIpc) is 1.78. The molecule has 0 heterocycles. The Bertz CT molecular complexity index is 137. The summed E-state index contributed by atoms with van der Waals surface area (Å²) in [4.78, 5) is 0. The summed E-state index contributed by atoms with van der Waals surface area (Å²) in [5.74, 6) is 0. The summed E-state index contributed by atoms with van der Waals surface area (Å²) < 4.78 is 39.8. The van der Waals surface area contributed by atoms with Crippen molar-refractivity contribution in [3.8, 4) is 0 Å². The van der Waals surface area contributed by atoms with Gasteiger partial charge in [-0.25, -0.2) is 0 Å². The zero-order valence-corrected chi connectivity index (χ0v) is 7.27. The molecule has 0 aliphatic carbocycles. The van der Waals surface area contributed by atoms with Gasteiger partial charge in [0.15, 0.2) is 6.10 Å². The predicted octanol–water partition coefficient (Wildman–Crippen LogP) is 1.72. The quantitative estimate of drug-likeness (QED) is 0.711. The fraction of sp³-hybridized carbons (Fsp3) is 1.00. The molecule has 1 N–H and O–H groups in total. The first kappa shape index (κ1) is 11.7. The van der Waals surface area contributed by atoms with Gasteiger partial charge in [-0.3, -0.25) is 0 Å². The molecule has 12 heavy (non-hydrogen) atoms. The van der Waals surface area contributed by atoms with Gasteiger partial charge in [-0.2, -0.15) is 13.2 Å². The zero-order chi connectivity index (χ0) is 9.99. The summed E-state index contributed by atoms with van der Waals surface area (Å²) in [6.45, 7) is 4.15. The molecule has 0 rings (SSSR count). The van der Waals surface area contributed by atoms with Gasteiger partial charge in [0, 0.05) is 0 Å². The molecule has 0 spiro atoms. The van der Waals surface area contributed by atoms with E-state index in [-0.39, 0.29) is 0 Å². The minimum Gasteiger partial charge on any atom is -0.382 e. The van der Waals surface area contributed by atoms with Crippen LogP contribution in [0.25, 0.3) is 0 Å². The van der Waals surface area contributed by atoms with E-state index in [0.29, 0.717) is 0 Å². The highest BCUT2D eigenvalue weighted by atomic mass is 19.4. The highest BCUT2D eigenvalue weighted by Gasteiger charge is 2.38. The van der Waals surface area contributed by atoms with Crippen LogP contribution in [0.5, 0.6) is 0 Å². The topological polar surface area (TPSA) is 29.5 Å². The second-order valence-corrected chi connectivity index (χ2v) is 3.48. The number of aliphatic hydroxyl groups excluding tert-OH is 1. The van der Waals surface area contributed by atoms with Crippen LogP contribution in [0.15, 0.2) is 0 Å². The van der Waals surface area contributed by atoms with Gasteiger partial charge in [0.1, 0.15) is 0 Å². The Balaban J connectivity index is 3.80. The summed E-state index contributed by atoms with van der Waals surface area (Å²) >= 11 is 0. The van der Waals surface area contributed by atoms with Gasteiger partial charge in [-0.05, 0) is 20.8 Å². The van der Waals surface area contributed by atoms with Crippen LogP contribution >= 0.6 is 0 Å². The molecule has 74 valence electrons. The number of hydrogen-bond acceptors (Lipinski definition) is 2. The Morgan fingerprint density at radius 3 is 1.92 bits per heavy atom. The smallest absolute Gasteiger partial charge is 0.382 e. The Labute approximate surface area is 69.3 Å². The number of halogens is 3. The first-order chi connectivity index (χ1) is 5.13. The van der Waals surface area contributed by atoms with Crippen molar-refractivity contribution >= 4 is 0 Å². The molecular weight excluding hydrogens is 173 g/mol. The Morgan fingerprint density at radius 1 is 1.25 bits per heavy atom. The van der Waals surface area contributed by atoms with E-state index in [9.17, 15) is 13.2 Å². The van der Waals surface area contributed by atoms with Gasteiger partial charge in [0.2, 0.25) is 0 Å². The second-order valence-electron chi connectivity index (χ2n) is 3.48. The molecule has 0 aromatic carbocycles. The minimum absolute atomic E-state index is 0.660. The summed E-state index contributed by atoms with van der Waals surface area (Å²) in [6.07, 6.45) is -6.98.